The number of hydrogen-bond acceptors (Lipinski definition) is 5. The highest BCUT2D eigenvalue weighted by Crippen LogP contribution is 2.11. The molecule has 0 saturated heterocycles. The number of ether oxygens (including phenoxy) is 2. The minimum absolute atomic E-state index is 0.304. The lowest BCUT2D eigenvalue weighted by molar-refractivity contribution is -0.148. The van der Waals surface area contributed by atoms with Gasteiger partial charge in [-0.25, -0.2) is 0 Å². The van der Waals surface area contributed by atoms with E-state index in [0.717, 1.165) is 12.0 Å². The number of benzene rings is 1. The molecule has 0 saturated carbocycles. The van der Waals surface area contributed by atoms with E-state index in [1.807, 2.05) is 44.2 Å². The summed E-state index contributed by atoms with van der Waals surface area (Å²) in [7, 11) is 1.36. The molecule has 0 heterocycles. The summed E-state index contributed by atoms with van der Waals surface area (Å²) in [6, 6.07) is 8.90. The Morgan fingerprint density at radius 2 is 1.75 bits per heavy atom. The third kappa shape index (κ3) is 7.13. The molecule has 0 radical (unpaired) electrons. The molecule has 0 aromatic heterocycles. The molecule has 5 heteroatoms. The van der Waals surface area contributed by atoms with Crippen LogP contribution < -0.4 is 5.32 Å². The first-order valence-electron chi connectivity index (χ1n) is 8.52. The highest BCUT2D eigenvalue weighted by Gasteiger charge is 2.28. The lowest BCUT2D eigenvalue weighted by Gasteiger charge is -2.24. The number of rotatable bonds is 10. The summed E-state index contributed by atoms with van der Waals surface area (Å²) < 4.78 is 10.0. The Kier molecular flexibility index (Phi) is 9.08. The zero-order chi connectivity index (χ0) is 17.9. The summed E-state index contributed by atoms with van der Waals surface area (Å²) in [6.07, 6.45) is 1.90. The summed E-state index contributed by atoms with van der Waals surface area (Å²) in [5.41, 5.74) is 1.15. The fourth-order valence-electron chi connectivity index (χ4n) is 2.56. The van der Waals surface area contributed by atoms with Crippen molar-refractivity contribution in [2.24, 2.45) is 5.92 Å². The van der Waals surface area contributed by atoms with Crippen molar-refractivity contribution in [1.29, 1.82) is 0 Å². The molecule has 0 aliphatic heterocycles. The summed E-state index contributed by atoms with van der Waals surface area (Å²) in [5, 5.41) is 3.14. The lowest BCUT2D eigenvalue weighted by atomic mass is 10.0. The average Bonchev–Trinajstić information content (AvgIpc) is 2.57. The molecule has 5 nitrogen and oxygen atoms in total. The quantitative estimate of drug-likeness (QED) is 0.666. The molecule has 24 heavy (non-hydrogen) atoms. The fourth-order valence-corrected chi connectivity index (χ4v) is 2.56. The first-order chi connectivity index (χ1) is 11.5. The largest absolute Gasteiger partial charge is 0.468 e. The molecule has 0 spiro atoms. The van der Waals surface area contributed by atoms with Gasteiger partial charge in [0.1, 0.15) is 12.1 Å². The van der Waals surface area contributed by atoms with Crippen LogP contribution in [0.4, 0.5) is 0 Å². The number of aryl methyl sites for hydroxylation is 1. The van der Waals surface area contributed by atoms with E-state index < -0.39 is 12.1 Å². The number of esters is 2. The molecular weight excluding hydrogens is 306 g/mol. The minimum Gasteiger partial charge on any atom is -0.468 e. The van der Waals surface area contributed by atoms with Gasteiger partial charge in [0, 0.05) is 0 Å². The summed E-state index contributed by atoms with van der Waals surface area (Å²) in [5.74, 6) is -0.373. The standard InChI is InChI=1S/C19H29NO4/c1-5-24-19(22)16(12-11-15-9-7-6-8-10-15)20-17(13-14(2)3)18(21)23-4/h6-10,14,16-17,20H,5,11-13H2,1-4H3/t16-,17-/m0/s1. The lowest BCUT2D eigenvalue weighted by Crippen LogP contribution is -2.49. The van der Waals surface area contributed by atoms with Crippen LogP contribution in [0.5, 0.6) is 0 Å². The second kappa shape index (κ2) is 10.8. The van der Waals surface area contributed by atoms with Crippen LogP contribution in [0.2, 0.25) is 0 Å². The van der Waals surface area contributed by atoms with E-state index in [4.69, 9.17) is 9.47 Å². The third-order valence-electron chi connectivity index (χ3n) is 3.73. The molecular formula is C19H29NO4. The third-order valence-corrected chi connectivity index (χ3v) is 3.73. The van der Waals surface area contributed by atoms with Crippen molar-refractivity contribution in [2.75, 3.05) is 13.7 Å². The van der Waals surface area contributed by atoms with E-state index in [0.29, 0.717) is 25.4 Å². The molecule has 0 bridgehead atoms. The van der Waals surface area contributed by atoms with Gasteiger partial charge in [-0.05, 0) is 37.7 Å². The Morgan fingerprint density at radius 3 is 2.29 bits per heavy atom. The van der Waals surface area contributed by atoms with Crippen molar-refractivity contribution < 1.29 is 19.1 Å². The Bertz CT molecular complexity index is 501. The summed E-state index contributed by atoms with van der Waals surface area (Å²) in [4.78, 5) is 24.3. The maximum atomic E-state index is 12.3. The van der Waals surface area contributed by atoms with Crippen molar-refractivity contribution in [3.63, 3.8) is 0 Å². The molecule has 0 unspecified atom stereocenters. The molecule has 1 rings (SSSR count). The Labute approximate surface area is 144 Å². The SMILES string of the molecule is CCOC(=O)[C@H](CCc1ccccc1)N[C@@H](CC(C)C)C(=O)OC. The van der Waals surface area contributed by atoms with Crippen LogP contribution in [0, 0.1) is 5.92 Å². The highest BCUT2D eigenvalue weighted by atomic mass is 16.5. The smallest absolute Gasteiger partial charge is 0.323 e. The van der Waals surface area contributed by atoms with E-state index in [1.165, 1.54) is 7.11 Å². The normalized spacial score (nSPS) is 13.4. The van der Waals surface area contributed by atoms with Crippen LogP contribution in [-0.2, 0) is 25.5 Å². The highest BCUT2D eigenvalue weighted by molar-refractivity contribution is 5.79. The van der Waals surface area contributed by atoms with Crippen LogP contribution in [-0.4, -0.2) is 37.7 Å². The molecule has 1 N–H and O–H groups in total. The molecule has 0 fully saturated rings. The van der Waals surface area contributed by atoms with Gasteiger partial charge in [-0.3, -0.25) is 14.9 Å². The predicted octanol–water partition coefficient (Wildman–Crippen LogP) is 2.73. The van der Waals surface area contributed by atoms with Crippen molar-refractivity contribution in [2.45, 2.75) is 52.1 Å². The van der Waals surface area contributed by atoms with E-state index in [9.17, 15) is 9.59 Å². The molecule has 0 amide bonds. The Hall–Kier alpha value is -1.88. The molecule has 134 valence electrons. The van der Waals surface area contributed by atoms with Crippen LogP contribution in [0.25, 0.3) is 0 Å². The number of nitrogens with one attached hydrogen (secondary N) is 1. The molecule has 1 aromatic carbocycles. The second-order valence-corrected chi connectivity index (χ2v) is 6.20. The van der Waals surface area contributed by atoms with E-state index in [-0.39, 0.29) is 11.9 Å². The number of methoxy groups -OCH3 is 1. The first kappa shape index (κ1) is 20.2. The van der Waals surface area contributed by atoms with Crippen LogP contribution in [0.3, 0.4) is 0 Å². The minimum atomic E-state index is -0.534. The summed E-state index contributed by atoms with van der Waals surface area (Å²) >= 11 is 0. The molecule has 0 aliphatic carbocycles. The van der Waals surface area contributed by atoms with Crippen LogP contribution in [0.15, 0.2) is 30.3 Å². The van der Waals surface area contributed by atoms with Gasteiger partial charge in [-0.1, -0.05) is 44.2 Å². The van der Waals surface area contributed by atoms with Crippen molar-refractivity contribution >= 4 is 11.9 Å². The monoisotopic (exact) mass is 335 g/mol. The van der Waals surface area contributed by atoms with Crippen molar-refractivity contribution in [1.82, 2.24) is 5.32 Å². The van der Waals surface area contributed by atoms with Gasteiger partial charge in [-0.2, -0.15) is 0 Å². The fraction of sp³-hybridized carbons (Fsp3) is 0.579. The van der Waals surface area contributed by atoms with Gasteiger partial charge in [0.15, 0.2) is 0 Å². The number of hydrogen-bond donors (Lipinski definition) is 1. The van der Waals surface area contributed by atoms with Crippen LogP contribution in [0.1, 0.15) is 39.2 Å². The van der Waals surface area contributed by atoms with E-state index in [1.54, 1.807) is 6.92 Å². The second-order valence-electron chi connectivity index (χ2n) is 6.20. The average molecular weight is 335 g/mol. The summed E-state index contributed by atoms with van der Waals surface area (Å²) in [6.45, 7) is 6.15. The van der Waals surface area contributed by atoms with Gasteiger partial charge in [0.25, 0.3) is 0 Å². The van der Waals surface area contributed by atoms with Gasteiger partial charge in [0.2, 0.25) is 0 Å². The maximum absolute atomic E-state index is 12.3. The van der Waals surface area contributed by atoms with Gasteiger partial charge >= 0.3 is 11.9 Å². The van der Waals surface area contributed by atoms with E-state index >= 15 is 0 Å². The van der Waals surface area contributed by atoms with Gasteiger partial charge in [0.05, 0.1) is 13.7 Å². The first-order valence-corrected chi connectivity index (χ1v) is 8.52. The predicted molar refractivity (Wildman–Crippen MR) is 93.6 cm³/mol. The number of carbonyl (C=O) groups is 2. The molecule has 2 atom stereocenters. The Balaban J connectivity index is 2.78. The zero-order valence-corrected chi connectivity index (χ0v) is 15.1. The molecule has 0 aliphatic rings. The number of carbonyl (C=O) groups excluding carboxylic acids is 2. The molecule has 1 aromatic rings. The van der Waals surface area contributed by atoms with E-state index in [2.05, 4.69) is 5.32 Å². The maximum Gasteiger partial charge on any atom is 0.323 e. The van der Waals surface area contributed by atoms with Crippen molar-refractivity contribution in [3.05, 3.63) is 35.9 Å². The van der Waals surface area contributed by atoms with Crippen molar-refractivity contribution in [3.8, 4) is 0 Å². The topological polar surface area (TPSA) is 64.6 Å². The van der Waals surface area contributed by atoms with Crippen LogP contribution >= 0.6 is 0 Å². The van der Waals surface area contributed by atoms with Gasteiger partial charge in [-0.15, -0.1) is 0 Å². The zero-order valence-electron chi connectivity index (χ0n) is 15.1. The van der Waals surface area contributed by atoms with Gasteiger partial charge < -0.3 is 9.47 Å². The Morgan fingerprint density at radius 1 is 1.08 bits per heavy atom.